The Kier molecular flexibility index (Phi) is 7.82. The Hall–Kier alpha value is -3.07. The molecule has 0 bridgehead atoms. The summed E-state index contributed by atoms with van der Waals surface area (Å²) in [5.41, 5.74) is 3.50. The summed E-state index contributed by atoms with van der Waals surface area (Å²) in [6.45, 7) is 0. The molecule has 0 heterocycles. The van der Waals surface area contributed by atoms with Gasteiger partial charge in [0.25, 0.3) is 0 Å². The molecule has 0 atom stereocenters. The molecule has 3 N–H and O–H groups in total. The lowest BCUT2D eigenvalue weighted by Crippen LogP contribution is -2.20. The summed E-state index contributed by atoms with van der Waals surface area (Å²) in [4.78, 5) is 23.8. The second kappa shape index (κ2) is 10.3. The number of hydrogen-bond donors (Lipinski definition) is 3. The third kappa shape index (κ3) is 5.98. The van der Waals surface area contributed by atoms with Crippen LogP contribution in [0.4, 0.5) is 5.69 Å². The number of hydrogen-bond acceptors (Lipinski definition) is 6. The first-order valence-electron chi connectivity index (χ1n) is 8.26. The van der Waals surface area contributed by atoms with Crippen LogP contribution in [0.25, 0.3) is 0 Å². The highest BCUT2D eigenvalue weighted by Gasteiger charge is 2.10. The third-order valence-corrected chi connectivity index (χ3v) is 4.24. The van der Waals surface area contributed by atoms with Crippen molar-refractivity contribution in [3.05, 3.63) is 46.4 Å². The van der Waals surface area contributed by atoms with Crippen LogP contribution in [0.5, 0.6) is 17.2 Å². The van der Waals surface area contributed by atoms with Crippen molar-refractivity contribution in [1.29, 1.82) is 0 Å². The lowest BCUT2D eigenvalue weighted by atomic mass is 10.2. The molecule has 0 saturated heterocycles. The van der Waals surface area contributed by atoms with Crippen molar-refractivity contribution in [2.24, 2.45) is 5.10 Å². The minimum absolute atomic E-state index is 0.00200. The molecule has 0 spiro atoms. The first-order valence-corrected chi connectivity index (χ1v) is 9.05. The molecule has 0 unspecified atom stereocenters. The van der Waals surface area contributed by atoms with E-state index in [4.69, 9.17) is 9.47 Å². The largest absolute Gasteiger partial charge is 0.503 e. The van der Waals surface area contributed by atoms with Crippen molar-refractivity contribution in [2.45, 2.75) is 12.8 Å². The topological polar surface area (TPSA) is 109 Å². The van der Waals surface area contributed by atoms with Gasteiger partial charge in [-0.05, 0) is 45.8 Å². The summed E-state index contributed by atoms with van der Waals surface area (Å²) in [5.74, 6) is 0.0763. The number of halogens is 1. The highest BCUT2D eigenvalue weighted by Crippen LogP contribution is 2.34. The maximum atomic E-state index is 12.0. The number of amides is 2. The summed E-state index contributed by atoms with van der Waals surface area (Å²) in [5, 5.41) is 16.3. The highest BCUT2D eigenvalue weighted by atomic mass is 79.9. The summed E-state index contributed by atoms with van der Waals surface area (Å²) >= 11 is 3.20. The lowest BCUT2D eigenvalue weighted by Gasteiger charge is -2.09. The van der Waals surface area contributed by atoms with Crippen LogP contribution in [0.15, 0.2) is 46.0 Å². The van der Waals surface area contributed by atoms with Gasteiger partial charge in [-0.3, -0.25) is 9.59 Å². The van der Waals surface area contributed by atoms with Crippen LogP contribution in [-0.4, -0.2) is 37.4 Å². The van der Waals surface area contributed by atoms with Crippen LogP contribution < -0.4 is 20.2 Å². The molecule has 2 aromatic rings. The number of carbonyl (C=O) groups excluding carboxylic acids is 2. The second-order valence-corrected chi connectivity index (χ2v) is 6.45. The van der Waals surface area contributed by atoms with Gasteiger partial charge in [0.1, 0.15) is 5.75 Å². The van der Waals surface area contributed by atoms with E-state index in [1.54, 1.807) is 36.4 Å². The fourth-order valence-electron chi connectivity index (χ4n) is 2.25. The number of para-hydroxylation sites is 2. The van der Waals surface area contributed by atoms with E-state index in [1.165, 1.54) is 20.4 Å². The maximum absolute atomic E-state index is 12.0. The van der Waals surface area contributed by atoms with Crippen LogP contribution >= 0.6 is 15.9 Å². The van der Waals surface area contributed by atoms with Crippen molar-refractivity contribution in [3.8, 4) is 17.2 Å². The molecule has 0 aromatic heterocycles. The summed E-state index contributed by atoms with van der Waals surface area (Å²) in [6, 6.07) is 10.2. The molecule has 0 aliphatic rings. The smallest absolute Gasteiger partial charge is 0.240 e. The number of benzene rings is 2. The molecule has 2 amide bonds. The predicted octanol–water partition coefficient (Wildman–Crippen LogP) is 3.04. The number of anilines is 1. The van der Waals surface area contributed by atoms with Gasteiger partial charge < -0.3 is 19.9 Å². The molecule has 0 saturated carbocycles. The van der Waals surface area contributed by atoms with E-state index >= 15 is 0 Å². The molecule has 2 aromatic carbocycles. The Morgan fingerprint density at radius 1 is 1.11 bits per heavy atom. The van der Waals surface area contributed by atoms with Gasteiger partial charge in [-0.1, -0.05) is 12.1 Å². The zero-order valence-electron chi connectivity index (χ0n) is 15.4. The molecular weight excluding hydrogens is 430 g/mol. The average molecular weight is 450 g/mol. The summed E-state index contributed by atoms with van der Waals surface area (Å²) in [7, 11) is 2.94. The molecule has 28 heavy (non-hydrogen) atoms. The predicted molar refractivity (Wildman–Crippen MR) is 109 cm³/mol. The van der Waals surface area contributed by atoms with E-state index in [0.29, 0.717) is 21.5 Å². The van der Waals surface area contributed by atoms with Gasteiger partial charge in [0.15, 0.2) is 11.5 Å². The minimum Gasteiger partial charge on any atom is -0.503 e. The number of nitrogens with zero attached hydrogens (tertiary/aromatic N) is 1. The van der Waals surface area contributed by atoms with Gasteiger partial charge in [0.05, 0.1) is 30.6 Å². The molecule has 8 nitrogen and oxygen atoms in total. The lowest BCUT2D eigenvalue weighted by molar-refractivity contribution is -0.124. The molecule has 0 fully saturated rings. The number of hydrazone groups is 1. The van der Waals surface area contributed by atoms with Crippen molar-refractivity contribution in [3.63, 3.8) is 0 Å². The molecule has 9 heteroatoms. The van der Waals surface area contributed by atoms with E-state index in [-0.39, 0.29) is 30.2 Å². The number of phenols is 1. The van der Waals surface area contributed by atoms with E-state index in [2.05, 4.69) is 31.8 Å². The number of nitrogens with one attached hydrogen (secondary N) is 2. The van der Waals surface area contributed by atoms with Crippen molar-refractivity contribution in [2.75, 3.05) is 19.5 Å². The first-order chi connectivity index (χ1) is 13.4. The van der Waals surface area contributed by atoms with Crippen LogP contribution in [-0.2, 0) is 9.59 Å². The third-order valence-electron chi connectivity index (χ3n) is 3.63. The fraction of sp³-hybridized carbons (Fsp3) is 0.211. The maximum Gasteiger partial charge on any atom is 0.240 e. The summed E-state index contributed by atoms with van der Waals surface area (Å²) < 4.78 is 10.6. The van der Waals surface area contributed by atoms with E-state index in [0.717, 1.165) is 0 Å². The zero-order chi connectivity index (χ0) is 20.5. The number of aromatic hydroxyl groups is 1. The standard InChI is InChI=1S/C19H20BrN3O5/c1-27-15-6-4-3-5-14(15)22-17(24)7-8-18(25)23-21-11-12-9-13(20)19(26)16(10-12)28-2/h3-6,9-11,26H,7-8H2,1-2H3,(H,22,24)(H,23,25). The SMILES string of the molecule is COc1ccccc1NC(=O)CCC(=O)NN=Cc1cc(Br)c(O)c(OC)c1. The van der Waals surface area contributed by atoms with E-state index < -0.39 is 5.91 Å². The zero-order valence-corrected chi connectivity index (χ0v) is 16.9. The Bertz CT molecular complexity index is 886. The molecule has 2 rings (SSSR count). The van der Waals surface area contributed by atoms with Crippen LogP contribution in [0.1, 0.15) is 18.4 Å². The Balaban J connectivity index is 1.83. The van der Waals surface area contributed by atoms with Gasteiger partial charge in [0.2, 0.25) is 11.8 Å². The molecule has 148 valence electrons. The van der Waals surface area contributed by atoms with Crippen LogP contribution in [0.3, 0.4) is 0 Å². The number of rotatable bonds is 8. The van der Waals surface area contributed by atoms with Crippen LogP contribution in [0, 0.1) is 0 Å². The van der Waals surface area contributed by atoms with Crippen molar-refractivity contribution in [1.82, 2.24) is 5.43 Å². The Morgan fingerprint density at radius 2 is 1.79 bits per heavy atom. The van der Waals surface area contributed by atoms with Crippen LogP contribution in [0.2, 0.25) is 0 Å². The number of phenolic OH excluding ortho intramolecular Hbond substituents is 1. The molecular formula is C19H20BrN3O5. The molecule has 0 radical (unpaired) electrons. The van der Waals surface area contributed by atoms with Gasteiger partial charge in [-0.25, -0.2) is 5.43 Å². The quantitative estimate of drug-likeness (QED) is 0.423. The number of carbonyl (C=O) groups is 2. The monoisotopic (exact) mass is 449 g/mol. The van der Waals surface area contributed by atoms with E-state index in [9.17, 15) is 14.7 Å². The molecule has 0 aliphatic carbocycles. The molecule has 0 aliphatic heterocycles. The minimum atomic E-state index is -0.406. The van der Waals surface area contributed by atoms with Crippen molar-refractivity contribution < 1.29 is 24.2 Å². The Labute approximate surface area is 170 Å². The average Bonchev–Trinajstić information content (AvgIpc) is 2.69. The van der Waals surface area contributed by atoms with Gasteiger partial charge >= 0.3 is 0 Å². The van der Waals surface area contributed by atoms with Gasteiger partial charge in [-0.15, -0.1) is 0 Å². The van der Waals surface area contributed by atoms with Gasteiger partial charge in [-0.2, -0.15) is 5.10 Å². The summed E-state index contributed by atoms with van der Waals surface area (Å²) in [6.07, 6.45) is 1.37. The van der Waals surface area contributed by atoms with Crippen molar-refractivity contribution >= 4 is 39.6 Å². The highest BCUT2D eigenvalue weighted by molar-refractivity contribution is 9.10. The van der Waals surface area contributed by atoms with Gasteiger partial charge in [0, 0.05) is 12.8 Å². The second-order valence-electron chi connectivity index (χ2n) is 5.60. The number of methoxy groups -OCH3 is 2. The fourth-order valence-corrected chi connectivity index (χ4v) is 2.71. The Morgan fingerprint density at radius 3 is 2.50 bits per heavy atom. The number of ether oxygens (including phenoxy) is 2. The first kappa shape index (κ1) is 21.2. The normalized spacial score (nSPS) is 10.5. The van der Waals surface area contributed by atoms with E-state index in [1.807, 2.05) is 0 Å².